The molecule has 3 aromatic rings. The van der Waals surface area contributed by atoms with Gasteiger partial charge >= 0.3 is 0 Å². The predicted molar refractivity (Wildman–Crippen MR) is 116 cm³/mol. The Labute approximate surface area is 176 Å². The van der Waals surface area contributed by atoms with E-state index in [0.717, 1.165) is 45.0 Å². The minimum absolute atomic E-state index is 0.0477. The quantitative estimate of drug-likeness (QED) is 0.630. The average molecular weight is 406 g/mol. The molecule has 156 valence electrons. The van der Waals surface area contributed by atoms with Gasteiger partial charge in [0.05, 0.1) is 11.9 Å². The molecule has 0 bridgehead atoms. The van der Waals surface area contributed by atoms with Gasteiger partial charge in [-0.15, -0.1) is 0 Å². The number of benzene rings is 2. The van der Waals surface area contributed by atoms with E-state index in [9.17, 15) is 9.90 Å². The van der Waals surface area contributed by atoms with Gasteiger partial charge in [-0.1, -0.05) is 48.5 Å². The number of carbonyl (C=O) groups is 1. The molecular weight excluding hydrogens is 378 g/mol. The number of nitrogens with one attached hydrogen (secondary N) is 1. The van der Waals surface area contributed by atoms with Crippen molar-refractivity contribution in [1.82, 2.24) is 24.9 Å². The lowest BCUT2D eigenvalue weighted by atomic mass is 10.2. The third-order valence-electron chi connectivity index (χ3n) is 5.36. The lowest BCUT2D eigenvalue weighted by Crippen LogP contribution is -2.48. The molecule has 1 fully saturated rings. The van der Waals surface area contributed by atoms with Crippen LogP contribution < -0.4 is 5.32 Å². The van der Waals surface area contributed by atoms with E-state index in [1.54, 1.807) is 0 Å². The van der Waals surface area contributed by atoms with Gasteiger partial charge in [-0.3, -0.25) is 14.6 Å². The van der Waals surface area contributed by atoms with E-state index < -0.39 is 0 Å². The minimum Gasteiger partial charge on any atom is -0.504 e. The van der Waals surface area contributed by atoms with E-state index in [4.69, 9.17) is 0 Å². The molecule has 2 aromatic carbocycles. The van der Waals surface area contributed by atoms with Gasteiger partial charge in [-0.2, -0.15) is 5.10 Å². The molecule has 1 aliphatic rings. The summed E-state index contributed by atoms with van der Waals surface area (Å²) < 4.78 is 1.51. The molecule has 7 heteroatoms. The standard InChI is InChI=1S/C23H27N5O2/c29-21-18-28(20-9-5-2-6-10-20)25-22(21)23(30)24-11-12-26-13-15-27(16-14-26)17-19-7-3-1-4-8-19/h1-10,18,29H,11-17H2,(H,24,30). The molecule has 7 nitrogen and oxygen atoms in total. The van der Waals surface area contributed by atoms with Crippen molar-refractivity contribution in [1.29, 1.82) is 0 Å². The first-order chi connectivity index (χ1) is 14.7. The molecule has 4 rings (SSSR count). The fraction of sp³-hybridized carbons (Fsp3) is 0.304. The molecule has 1 amide bonds. The van der Waals surface area contributed by atoms with Crippen LogP contribution in [0.5, 0.6) is 5.75 Å². The highest BCUT2D eigenvalue weighted by Gasteiger charge is 2.19. The van der Waals surface area contributed by atoms with Crippen LogP contribution in [0.4, 0.5) is 0 Å². The third kappa shape index (κ3) is 5.06. The van der Waals surface area contributed by atoms with Gasteiger partial charge in [0.15, 0.2) is 11.4 Å². The van der Waals surface area contributed by atoms with Crippen LogP contribution >= 0.6 is 0 Å². The van der Waals surface area contributed by atoms with Crippen LogP contribution in [0, 0.1) is 0 Å². The number of hydrogen-bond acceptors (Lipinski definition) is 5. The van der Waals surface area contributed by atoms with E-state index in [-0.39, 0.29) is 17.4 Å². The summed E-state index contributed by atoms with van der Waals surface area (Å²) >= 11 is 0. The zero-order valence-electron chi connectivity index (χ0n) is 16.9. The molecule has 1 saturated heterocycles. The number of nitrogens with zero attached hydrogens (tertiary/aromatic N) is 4. The van der Waals surface area contributed by atoms with Crippen molar-refractivity contribution < 1.29 is 9.90 Å². The van der Waals surface area contributed by atoms with Crippen LogP contribution in [0.1, 0.15) is 16.1 Å². The molecule has 2 N–H and O–H groups in total. The van der Waals surface area contributed by atoms with Gasteiger partial charge in [0.25, 0.3) is 5.91 Å². The average Bonchev–Trinajstić information content (AvgIpc) is 3.18. The molecule has 0 unspecified atom stereocenters. The first-order valence-electron chi connectivity index (χ1n) is 10.3. The third-order valence-corrected chi connectivity index (χ3v) is 5.36. The SMILES string of the molecule is O=C(NCCN1CCN(Cc2ccccc2)CC1)c1nn(-c2ccccc2)cc1O. The second-order valence-corrected chi connectivity index (χ2v) is 7.50. The number of carbonyl (C=O) groups excluding carboxylic acids is 1. The van der Waals surface area contributed by atoms with E-state index in [1.165, 1.54) is 16.4 Å². The molecule has 0 aliphatic carbocycles. The highest BCUT2D eigenvalue weighted by Crippen LogP contribution is 2.17. The Balaban J connectivity index is 1.22. The minimum atomic E-state index is -0.357. The topological polar surface area (TPSA) is 73.6 Å². The fourth-order valence-corrected chi connectivity index (χ4v) is 3.66. The van der Waals surface area contributed by atoms with Crippen molar-refractivity contribution in [2.75, 3.05) is 39.3 Å². The molecule has 0 atom stereocenters. The lowest BCUT2D eigenvalue weighted by Gasteiger charge is -2.34. The highest BCUT2D eigenvalue weighted by atomic mass is 16.3. The molecule has 0 saturated carbocycles. The van der Waals surface area contributed by atoms with Crippen LogP contribution in [0.25, 0.3) is 5.69 Å². The van der Waals surface area contributed by atoms with Gasteiger partial charge in [-0.25, -0.2) is 4.68 Å². The smallest absolute Gasteiger partial charge is 0.275 e. The Morgan fingerprint density at radius 2 is 1.57 bits per heavy atom. The molecule has 30 heavy (non-hydrogen) atoms. The molecule has 2 heterocycles. The molecule has 1 aliphatic heterocycles. The Hall–Kier alpha value is -3.16. The molecule has 0 radical (unpaired) electrons. The lowest BCUT2D eigenvalue weighted by molar-refractivity contribution is 0.0926. The summed E-state index contributed by atoms with van der Waals surface area (Å²) in [6.45, 7) is 6.29. The highest BCUT2D eigenvalue weighted by molar-refractivity contribution is 5.94. The number of para-hydroxylation sites is 1. The fourth-order valence-electron chi connectivity index (χ4n) is 3.66. The number of rotatable bonds is 7. The summed E-state index contributed by atoms with van der Waals surface area (Å²) in [5, 5.41) is 17.2. The summed E-state index contributed by atoms with van der Waals surface area (Å²) in [6.07, 6.45) is 1.45. The van der Waals surface area contributed by atoms with Gasteiger partial charge in [0, 0.05) is 45.8 Å². The molecule has 1 aromatic heterocycles. The van der Waals surface area contributed by atoms with E-state index in [2.05, 4.69) is 44.5 Å². The zero-order valence-corrected chi connectivity index (χ0v) is 16.9. The first-order valence-corrected chi connectivity index (χ1v) is 10.3. The number of piperazine rings is 1. The van der Waals surface area contributed by atoms with Gasteiger partial charge in [0.2, 0.25) is 0 Å². The van der Waals surface area contributed by atoms with Crippen molar-refractivity contribution in [3.05, 3.63) is 78.1 Å². The van der Waals surface area contributed by atoms with Crippen molar-refractivity contribution in [2.24, 2.45) is 0 Å². The normalized spacial score (nSPS) is 15.2. The van der Waals surface area contributed by atoms with E-state index in [0.29, 0.717) is 6.54 Å². The second-order valence-electron chi connectivity index (χ2n) is 7.50. The summed E-state index contributed by atoms with van der Waals surface area (Å²) in [5.74, 6) is -0.476. The van der Waals surface area contributed by atoms with Gasteiger partial charge in [0.1, 0.15) is 0 Å². The van der Waals surface area contributed by atoms with Crippen LogP contribution in [-0.4, -0.2) is 69.9 Å². The predicted octanol–water partition coefficient (Wildman–Crippen LogP) is 2.13. The number of amides is 1. The largest absolute Gasteiger partial charge is 0.504 e. The van der Waals surface area contributed by atoms with Crippen molar-refractivity contribution >= 4 is 5.91 Å². The van der Waals surface area contributed by atoms with Crippen LogP contribution in [-0.2, 0) is 6.54 Å². The van der Waals surface area contributed by atoms with E-state index >= 15 is 0 Å². The molecular formula is C23H27N5O2. The zero-order chi connectivity index (χ0) is 20.8. The van der Waals surface area contributed by atoms with Crippen molar-refractivity contribution in [3.8, 4) is 11.4 Å². The summed E-state index contributed by atoms with van der Waals surface area (Å²) in [5.41, 5.74) is 2.18. The Kier molecular flexibility index (Phi) is 6.41. The molecule has 0 spiro atoms. The number of aromatic hydroxyl groups is 1. The second kappa shape index (κ2) is 9.56. The van der Waals surface area contributed by atoms with Crippen molar-refractivity contribution in [3.63, 3.8) is 0 Å². The maximum Gasteiger partial charge on any atom is 0.275 e. The van der Waals surface area contributed by atoms with Gasteiger partial charge < -0.3 is 10.4 Å². The van der Waals surface area contributed by atoms with Crippen LogP contribution in [0.2, 0.25) is 0 Å². The number of aromatic nitrogens is 2. The van der Waals surface area contributed by atoms with Crippen molar-refractivity contribution in [2.45, 2.75) is 6.54 Å². The Bertz CT molecular complexity index is 950. The summed E-state index contributed by atoms with van der Waals surface area (Å²) in [6, 6.07) is 19.9. The summed E-state index contributed by atoms with van der Waals surface area (Å²) in [7, 11) is 0. The maximum atomic E-state index is 12.4. The monoisotopic (exact) mass is 405 g/mol. The Morgan fingerprint density at radius 1 is 0.933 bits per heavy atom. The van der Waals surface area contributed by atoms with Gasteiger partial charge in [-0.05, 0) is 17.7 Å². The van der Waals surface area contributed by atoms with E-state index in [1.807, 2.05) is 36.4 Å². The maximum absolute atomic E-state index is 12.4. The number of hydrogen-bond donors (Lipinski definition) is 2. The first kappa shape index (κ1) is 20.1. The van der Waals surface area contributed by atoms with Crippen LogP contribution in [0.15, 0.2) is 66.9 Å². The Morgan fingerprint density at radius 3 is 2.27 bits per heavy atom. The summed E-state index contributed by atoms with van der Waals surface area (Å²) in [4.78, 5) is 17.2. The van der Waals surface area contributed by atoms with Crippen LogP contribution in [0.3, 0.4) is 0 Å².